The Morgan fingerprint density at radius 2 is 1.83 bits per heavy atom. The summed E-state index contributed by atoms with van der Waals surface area (Å²) in [4.78, 5) is 40.5. The van der Waals surface area contributed by atoms with E-state index in [1.165, 1.54) is 7.11 Å². The molecule has 2 amide bonds. The number of nitrogens with one attached hydrogen (secondary N) is 1. The van der Waals surface area contributed by atoms with Crippen LogP contribution >= 0.6 is 22.6 Å². The van der Waals surface area contributed by atoms with Gasteiger partial charge in [0.2, 0.25) is 11.8 Å². The van der Waals surface area contributed by atoms with E-state index in [0.29, 0.717) is 32.5 Å². The van der Waals surface area contributed by atoms with Gasteiger partial charge in [-0.25, -0.2) is 0 Å². The minimum Gasteiger partial charge on any atom is -0.493 e. The Bertz CT molecular complexity index is 1260. The molecule has 2 aliphatic rings. The maximum absolute atomic E-state index is 14.1. The number of halogens is 1. The van der Waals surface area contributed by atoms with Gasteiger partial charge in [-0.1, -0.05) is 56.0 Å². The van der Waals surface area contributed by atoms with Crippen LogP contribution in [0.1, 0.15) is 60.9 Å². The van der Waals surface area contributed by atoms with E-state index in [1.54, 1.807) is 18.2 Å². The second-order valence-electron chi connectivity index (χ2n) is 10.8. The predicted molar refractivity (Wildman–Crippen MR) is 167 cm³/mol. The van der Waals surface area contributed by atoms with Crippen molar-refractivity contribution < 1.29 is 34.1 Å². The van der Waals surface area contributed by atoms with E-state index in [0.717, 1.165) is 44.1 Å². The molecule has 4 rings (SSSR count). The first kappa shape index (κ1) is 32.0. The lowest BCUT2D eigenvalue weighted by Gasteiger charge is -2.44. The summed E-state index contributed by atoms with van der Waals surface area (Å²) in [5.41, 5.74) is 1.66. The lowest BCUT2D eigenvalue weighted by Crippen LogP contribution is -2.58. The van der Waals surface area contributed by atoms with Gasteiger partial charge in [-0.2, -0.15) is 0 Å². The maximum atomic E-state index is 14.1. The Morgan fingerprint density at radius 3 is 2.48 bits per heavy atom. The van der Waals surface area contributed by atoms with Gasteiger partial charge < -0.3 is 29.9 Å². The first-order valence-electron chi connectivity index (χ1n) is 14.5. The van der Waals surface area contributed by atoms with Crippen LogP contribution in [0, 0.1) is 3.57 Å². The van der Waals surface area contributed by atoms with E-state index in [4.69, 9.17) is 9.47 Å². The molecule has 0 heterocycles. The van der Waals surface area contributed by atoms with Crippen molar-refractivity contribution in [1.82, 2.24) is 10.2 Å². The molecule has 0 spiro atoms. The molecule has 0 aliphatic heterocycles. The first-order valence-corrected chi connectivity index (χ1v) is 15.6. The number of aldehydes is 1. The van der Waals surface area contributed by atoms with Crippen LogP contribution in [0.15, 0.2) is 54.1 Å². The highest BCUT2D eigenvalue weighted by Gasteiger charge is 2.43. The van der Waals surface area contributed by atoms with Crippen molar-refractivity contribution in [2.45, 2.75) is 75.7 Å². The Kier molecular flexibility index (Phi) is 11.8. The maximum Gasteiger partial charge on any atom is 0.247 e. The molecule has 3 N–H and O–H groups in total. The predicted octanol–water partition coefficient (Wildman–Crippen LogP) is 3.82. The fraction of sp³-hybridized carbons (Fsp3) is 0.469. The SMILES string of the molecule is COc1cc(C=O)cc(I)c1O[C@H]1C=C(C(=O)NCCO)C[C@@H](N(C(=O)Cc2ccccc2)C2CCCCCC2)[C@@H]1O. The smallest absolute Gasteiger partial charge is 0.247 e. The summed E-state index contributed by atoms with van der Waals surface area (Å²) in [5.74, 6) is 0.162. The van der Waals surface area contributed by atoms with Crippen molar-refractivity contribution in [3.05, 3.63) is 68.8 Å². The summed E-state index contributed by atoms with van der Waals surface area (Å²) in [7, 11) is 1.46. The van der Waals surface area contributed by atoms with E-state index in [1.807, 2.05) is 57.8 Å². The average Bonchev–Trinajstić information content (AvgIpc) is 3.28. The van der Waals surface area contributed by atoms with E-state index in [-0.39, 0.29) is 43.8 Å². The molecule has 2 aromatic carbocycles. The zero-order valence-corrected chi connectivity index (χ0v) is 26.0. The number of aliphatic hydroxyl groups is 2. The van der Waals surface area contributed by atoms with Gasteiger partial charge in [0.25, 0.3) is 0 Å². The van der Waals surface area contributed by atoms with Crippen molar-refractivity contribution in [3.63, 3.8) is 0 Å². The molecule has 2 aromatic rings. The third-order valence-electron chi connectivity index (χ3n) is 7.92. The van der Waals surface area contributed by atoms with Gasteiger partial charge in [0.05, 0.1) is 29.7 Å². The number of amides is 2. The topological polar surface area (TPSA) is 125 Å². The Hall–Kier alpha value is -2.96. The van der Waals surface area contributed by atoms with Crippen LogP contribution in [-0.4, -0.2) is 77.8 Å². The highest BCUT2D eigenvalue weighted by Crippen LogP contribution is 2.38. The van der Waals surface area contributed by atoms with E-state index in [2.05, 4.69) is 5.32 Å². The van der Waals surface area contributed by atoms with Gasteiger partial charge in [-0.15, -0.1) is 0 Å². The monoisotopic (exact) mass is 690 g/mol. The molecule has 2 aliphatic carbocycles. The molecule has 226 valence electrons. The Morgan fingerprint density at radius 1 is 1.12 bits per heavy atom. The summed E-state index contributed by atoms with van der Waals surface area (Å²) in [6.07, 6.45) is 6.31. The van der Waals surface area contributed by atoms with Crippen molar-refractivity contribution in [1.29, 1.82) is 0 Å². The molecule has 0 aromatic heterocycles. The molecule has 0 bridgehead atoms. The molecule has 42 heavy (non-hydrogen) atoms. The van der Waals surface area contributed by atoms with Crippen LogP contribution in [0.2, 0.25) is 0 Å². The van der Waals surface area contributed by atoms with Crippen LogP contribution in [0.25, 0.3) is 0 Å². The Labute approximate surface area is 260 Å². The molecule has 0 unspecified atom stereocenters. The molecule has 0 saturated heterocycles. The number of hydrogen-bond donors (Lipinski definition) is 3. The summed E-state index contributed by atoms with van der Waals surface area (Å²) in [6, 6.07) is 11.9. The van der Waals surface area contributed by atoms with Gasteiger partial charge >= 0.3 is 0 Å². The number of methoxy groups -OCH3 is 1. The normalized spacial score (nSPS) is 21.0. The van der Waals surface area contributed by atoms with Crippen molar-refractivity contribution in [2.24, 2.45) is 0 Å². The number of rotatable bonds is 11. The van der Waals surface area contributed by atoms with Crippen molar-refractivity contribution in [2.75, 3.05) is 20.3 Å². The van der Waals surface area contributed by atoms with Crippen LogP contribution in [-0.2, 0) is 16.0 Å². The number of carbonyl (C=O) groups excluding carboxylic acids is 3. The summed E-state index contributed by atoms with van der Waals surface area (Å²) in [6.45, 7) is -0.139. The fourth-order valence-electron chi connectivity index (χ4n) is 5.86. The van der Waals surface area contributed by atoms with Crippen molar-refractivity contribution >= 4 is 40.7 Å². The second kappa shape index (κ2) is 15.5. The van der Waals surface area contributed by atoms with E-state index >= 15 is 0 Å². The van der Waals surface area contributed by atoms with Gasteiger partial charge in [0, 0.05) is 30.1 Å². The number of carbonyl (C=O) groups is 3. The minimum atomic E-state index is -1.14. The summed E-state index contributed by atoms with van der Waals surface area (Å²) < 4.78 is 12.5. The second-order valence-corrected chi connectivity index (χ2v) is 11.9. The van der Waals surface area contributed by atoms with Crippen LogP contribution < -0.4 is 14.8 Å². The standard InChI is InChI=1S/C32H39IN2O7/c1-41-28-16-22(20-37)15-25(33)31(28)42-27-19-23(32(40)34-13-14-36)18-26(30(27)39)35(24-11-7-2-3-8-12-24)29(38)17-21-9-5-4-6-10-21/h4-6,9-10,15-16,19-20,24,26-27,30,36,39H,2-3,7-8,11-14,17-18H2,1H3,(H,34,40)/t26-,27+,30+/m1/s1. The first-order chi connectivity index (χ1) is 20.4. The van der Waals surface area contributed by atoms with Crippen LogP contribution in [0.4, 0.5) is 0 Å². The molecule has 10 heteroatoms. The fourth-order valence-corrected chi connectivity index (χ4v) is 6.62. The van der Waals surface area contributed by atoms with Crippen LogP contribution in [0.5, 0.6) is 11.5 Å². The van der Waals surface area contributed by atoms with Crippen LogP contribution in [0.3, 0.4) is 0 Å². The zero-order chi connectivity index (χ0) is 30.1. The number of ether oxygens (including phenoxy) is 2. The number of hydrogen-bond acceptors (Lipinski definition) is 7. The summed E-state index contributed by atoms with van der Waals surface area (Å²) >= 11 is 2.04. The molecule has 1 saturated carbocycles. The van der Waals surface area contributed by atoms with E-state index in [9.17, 15) is 24.6 Å². The molecule has 0 radical (unpaired) electrons. The third kappa shape index (κ3) is 7.90. The zero-order valence-electron chi connectivity index (χ0n) is 23.8. The lowest BCUT2D eigenvalue weighted by atomic mass is 9.86. The Balaban J connectivity index is 1.73. The number of nitrogens with zero attached hydrogens (tertiary/aromatic N) is 1. The molecular formula is C32H39IN2O7. The molecule has 9 nitrogen and oxygen atoms in total. The van der Waals surface area contributed by atoms with Gasteiger partial charge in [-0.3, -0.25) is 14.4 Å². The lowest BCUT2D eigenvalue weighted by molar-refractivity contribution is -0.142. The third-order valence-corrected chi connectivity index (χ3v) is 8.72. The number of benzene rings is 2. The van der Waals surface area contributed by atoms with Gasteiger partial charge in [-0.05, 0) is 59.2 Å². The average molecular weight is 691 g/mol. The van der Waals surface area contributed by atoms with Gasteiger partial charge in [0.15, 0.2) is 11.5 Å². The van der Waals surface area contributed by atoms with Gasteiger partial charge in [0.1, 0.15) is 18.5 Å². The molecule has 1 fully saturated rings. The molecular weight excluding hydrogens is 651 g/mol. The highest BCUT2D eigenvalue weighted by atomic mass is 127. The number of aliphatic hydroxyl groups excluding tert-OH is 2. The van der Waals surface area contributed by atoms with Crippen molar-refractivity contribution in [3.8, 4) is 11.5 Å². The van der Waals surface area contributed by atoms with E-state index < -0.39 is 18.2 Å². The largest absolute Gasteiger partial charge is 0.493 e. The summed E-state index contributed by atoms with van der Waals surface area (Å²) in [5, 5.41) is 23.9. The highest BCUT2D eigenvalue weighted by molar-refractivity contribution is 14.1. The minimum absolute atomic E-state index is 0.0765. The quantitative estimate of drug-likeness (QED) is 0.186. The molecule has 3 atom stereocenters.